The molecule has 20 heavy (non-hydrogen) atoms. The first-order chi connectivity index (χ1) is 9.60. The molecule has 1 amide bonds. The predicted octanol–water partition coefficient (Wildman–Crippen LogP) is 1.43. The van der Waals surface area contributed by atoms with Crippen LogP contribution in [-0.4, -0.2) is 38.4 Å². The summed E-state index contributed by atoms with van der Waals surface area (Å²) in [6.45, 7) is 2.36. The molecule has 2 N–H and O–H groups in total. The van der Waals surface area contributed by atoms with Crippen molar-refractivity contribution in [1.29, 1.82) is 0 Å². The monoisotopic (exact) mass is 294 g/mol. The van der Waals surface area contributed by atoms with E-state index in [-0.39, 0.29) is 12.0 Å². The standard InChI is InChI=1S/C13H18N4O2S/c1-3-10(18)4-5-14-12(19)11-8-20-13(16-11)9-6-15-17(2)7-9/h6-8,10,18H,3-5H2,1-2H3,(H,14,19). The van der Waals surface area contributed by atoms with E-state index >= 15 is 0 Å². The van der Waals surface area contributed by atoms with Gasteiger partial charge in [-0.1, -0.05) is 6.92 Å². The molecule has 1 unspecified atom stereocenters. The summed E-state index contributed by atoms with van der Waals surface area (Å²) in [5.74, 6) is -0.209. The van der Waals surface area contributed by atoms with Crippen LogP contribution in [0.5, 0.6) is 0 Å². The second kappa shape index (κ2) is 6.62. The number of nitrogens with one attached hydrogen (secondary N) is 1. The fourth-order valence-electron chi connectivity index (χ4n) is 1.69. The molecule has 6 nitrogen and oxygen atoms in total. The Labute approximate surface area is 121 Å². The number of aliphatic hydroxyl groups excluding tert-OH is 1. The van der Waals surface area contributed by atoms with Crippen LogP contribution in [0.2, 0.25) is 0 Å². The van der Waals surface area contributed by atoms with Gasteiger partial charge in [-0.3, -0.25) is 9.48 Å². The molecule has 2 aromatic rings. The smallest absolute Gasteiger partial charge is 0.270 e. The SMILES string of the molecule is CCC(O)CCNC(=O)c1csc(-c2cnn(C)c2)n1. The first-order valence-corrected chi connectivity index (χ1v) is 7.39. The zero-order valence-electron chi connectivity index (χ0n) is 11.5. The van der Waals surface area contributed by atoms with Gasteiger partial charge in [0.15, 0.2) is 0 Å². The molecule has 108 valence electrons. The molecule has 0 aromatic carbocycles. The molecule has 2 heterocycles. The fraction of sp³-hybridized carbons (Fsp3) is 0.462. The lowest BCUT2D eigenvalue weighted by Crippen LogP contribution is -2.27. The molecule has 2 aromatic heterocycles. The Kier molecular flexibility index (Phi) is 4.86. The van der Waals surface area contributed by atoms with Gasteiger partial charge in [0.1, 0.15) is 10.7 Å². The van der Waals surface area contributed by atoms with Gasteiger partial charge in [0.05, 0.1) is 12.3 Å². The molecule has 1 atom stereocenters. The highest BCUT2D eigenvalue weighted by molar-refractivity contribution is 7.13. The number of thiazole rings is 1. The van der Waals surface area contributed by atoms with Crippen LogP contribution < -0.4 is 5.32 Å². The molecule has 0 saturated carbocycles. The van der Waals surface area contributed by atoms with Crippen LogP contribution in [0.4, 0.5) is 0 Å². The van der Waals surface area contributed by atoms with E-state index in [2.05, 4.69) is 15.4 Å². The van der Waals surface area contributed by atoms with Crippen molar-refractivity contribution in [2.45, 2.75) is 25.9 Å². The fourth-order valence-corrected chi connectivity index (χ4v) is 2.46. The van der Waals surface area contributed by atoms with Crippen LogP contribution in [0.25, 0.3) is 10.6 Å². The summed E-state index contributed by atoms with van der Waals surface area (Å²) in [7, 11) is 1.84. The number of rotatable bonds is 6. The average Bonchev–Trinajstić information content (AvgIpc) is 3.06. The van der Waals surface area contributed by atoms with Crippen LogP contribution >= 0.6 is 11.3 Å². The minimum Gasteiger partial charge on any atom is -0.393 e. The minimum atomic E-state index is -0.364. The van der Waals surface area contributed by atoms with Crippen molar-refractivity contribution in [2.75, 3.05) is 6.54 Å². The molecule has 0 aliphatic rings. The molecule has 0 radical (unpaired) electrons. The molecule has 0 spiro atoms. The Morgan fingerprint density at radius 1 is 1.60 bits per heavy atom. The lowest BCUT2D eigenvalue weighted by atomic mass is 10.2. The third kappa shape index (κ3) is 3.64. The van der Waals surface area contributed by atoms with E-state index in [1.165, 1.54) is 11.3 Å². The summed E-state index contributed by atoms with van der Waals surface area (Å²) >= 11 is 1.41. The summed E-state index contributed by atoms with van der Waals surface area (Å²) in [4.78, 5) is 16.2. The Hall–Kier alpha value is -1.73. The molecule has 0 bridgehead atoms. The van der Waals surface area contributed by atoms with Crippen LogP contribution in [0.15, 0.2) is 17.8 Å². The van der Waals surface area contributed by atoms with Crippen molar-refractivity contribution in [3.05, 3.63) is 23.5 Å². The lowest BCUT2D eigenvalue weighted by Gasteiger charge is -2.07. The first kappa shape index (κ1) is 14.7. The average molecular weight is 294 g/mol. The molecule has 2 rings (SSSR count). The van der Waals surface area contributed by atoms with Crippen LogP contribution in [0.1, 0.15) is 30.3 Å². The van der Waals surface area contributed by atoms with E-state index in [4.69, 9.17) is 0 Å². The molecule has 0 fully saturated rings. The number of carbonyl (C=O) groups excluding carboxylic acids is 1. The second-order valence-electron chi connectivity index (χ2n) is 4.55. The number of aromatic nitrogens is 3. The largest absolute Gasteiger partial charge is 0.393 e. The Bertz CT molecular complexity index is 578. The number of hydrogen-bond donors (Lipinski definition) is 2. The quantitative estimate of drug-likeness (QED) is 0.844. The van der Waals surface area contributed by atoms with Crippen molar-refractivity contribution >= 4 is 17.2 Å². The third-order valence-corrected chi connectivity index (χ3v) is 3.81. The van der Waals surface area contributed by atoms with E-state index < -0.39 is 0 Å². The van der Waals surface area contributed by atoms with E-state index in [0.717, 1.165) is 10.6 Å². The van der Waals surface area contributed by atoms with E-state index in [1.54, 1.807) is 16.3 Å². The van der Waals surface area contributed by atoms with Gasteiger partial charge in [-0.15, -0.1) is 11.3 Å². The van der Waals surface area contributed by atoms with Crippen LogP contribution in [-0.2, 0) is 7.05 Å². The Morgan fingerprint density at radius 3 is 3.05 bits per heavy atom. The molecule has 0 aliphatic carbocycles. The van der Waals surface area contributed by atoms with E-state index in [9.17, 15) is 9.90 Å². The summed E-state index contributed by atoms with van der Waals surface area (Å²) < 4.78 is 1.70. The van der Waals surface area contributed by atoms with Crippen LogP contribution in [0, 0.1) is 0 Å². The number of carbonyl (C=O) groups is 1. The summed E-state index contributed by atoms with van der Waals surface area (Å²) in [5, 5.41) is 18.8. The number of aryl methyl sites for hydroxylation is 1. The van der Waals surface area contributed by atoms with Gasteiger partial charge in [0, 0.05) is 30.7 Å². The van der Waals surface area contributed by atoms with Gasteiger partial charge in [-0.25, -0.2) is 4.98 Å². The number of hydrogen-bond acceptors (Lipinski definition) is 5. The maximum Gasteiger partial charge on any atom is 0.270 e. The summed E-state index contributed by atoms with van der Waals surface area (Å²) in [5.41, 5.74) is 1.30. The van der Waals surface area contributed by atoms with Crippen molar-refractivity contribution < 1.29 is 9.90 Å². The van der Waals surface area contributed by atoms with Gasteiger partial charge in [-0.05, 0) is 12.8 Å². The topological polar surface area (TPSA) is 80.0 Å². The van der Waals surface area contributed by atoms with Crippen molar-refractivity contribution in [3.63, 3.8) is 0 Å². The van der Waals surface area contributed by atoms with Gasteiger partial charge in [-0.2, -0.15) is 5.10 Å². The highest BCUT2D eigenvalue weighted by Gasteiger charge is 2.12. The zero-order valence-corrected chi connectivity index (χ0v) is 12.4. The van der Waals surface area contributed by atoms with Gasteiger partial charge < -0.3 is 10.4 Å². The van der Waals surface area contributed by atoms with E-state index in [1.807, 2.05) is 20.2 Å². The summed E-state index contributed by atoms with van der Waals surface area (Å²) in [6.07, 6.45) is 4.47. The summed E-state index contributed by atoms with van der Waals surface area (Å²) in [6, 6.07) is 0. The number of amides is 1. The maximum atomic E-state index is 11.9. The lowest BCUT2D eigenvalue weighted by molar-refractivity contribution is 0.0938. The highest BCUT2D eigenvalue weighted by atomic mass is 32.1. The molecule has 0 saturated heterocycles. The second-order valence-corrected chi connectivity index (χ2v) is 5.41. The zero-order chi connectivity index (χ0) is 14.5. The molecular formula is C13H18N4O2S. The molecule has 0 aliphatic heterocycles. The van der Waals surface area contributed by atoms with Crippen LogP contribution in [0.3, 0.4) is 0 Å². The number of nitrogens with zero attached hydrogens (tertiary/aromatic N) is 3. The number of aliphatic hydroxyl groups is 1. The minimum absolute atomic E-state index is 0.209. The normalized spacial score (nSPS) is 12.3. The van der Waals surface area contributed by atoms with Gasteiger partial charge >= 0.3 is 0 Å². The first-order valence-electron chi connectivity index (χ1n) is 6.51. The molecule has 7 heteroatoms. The van der Waals surface area contributed by atoms with Crippen molar-refractivity contribution in [3.8, 4) is 10.6 Å². The Balaban J connectivity index is 1.93. The highest BCUT2D eigenvalue weighted by Crippen LogP contribution is 2.22. The Morgan fingerprint density at radius 2 is 2.40 bits per heavy atom. The maximum absolute atomic E-state index is 11.9. The van der Waals surface area contributed by atoms with Gasteiger partial charge in [0.25, 0.3) is 5.91 Å². The van der Waals surface area contributed by atoms with E-state index in [0.29, 0.717) is 25.1 Å². The third-order valence-electron chi connectivity index (χ3n) is 2.92. The van der Waals surface area contributed by atoms with Gasteiger partial charge in [0.2, 0.25) is 0 Å². The molecular weight excluding hydrogens is 276 g/mol. The predicted molar refractivity (Wildman–Crippen MR) is 77.6 cm³/mol. The van der Waals surface area contributed by atoms with Crippen molar-refractivity contribution in [2.24, 2.45) is 7.05 Å². The van der Waals surface area contributed by atoms with Crippen molar-refractivity contribution in [1.82, 2.24) is 20.1 Å².